The number of benzene rings is 1. The Kier molecular flexibility index (Phi) is 5.77. The normalized spacial score (nSPS) is 9.76. The van der Waals surface area contributed by atoms with Gasteiger partial charge in [0.2, 0.25) is 0 Å². The Morgan fingerprint density at radius 1 is 1.47 bits per heavy atom. The van der Waals surface area contributed by atoms with Gasteiger partial charge in [0.15, 0.2) is 5.78 Å². The third-order valence-corrected chi connectivity index (χ3v) is 2.55. The Bertz CT molecular complexity index is 402. The molecule has 0 aromatic heterocycles. The summed E-state index contributed by atoms with van der Waals surface area (Å²) in [5, 5.41) is 0.269. The number of carbonyl (C=O) groups is 1. The van der Waals surface area contributed by atoms with Gasteiger partial charge in [-0.2, -0.15) is 0 Å². The zero-order valence-corrected chi connectivity index (χ0v) is 11.3. The third-order valence-electron chi connectivity index (χ3n) is 2.04. The minimum Gasteiger partial charge on any atom is -0.494 e. The van der Waals surface area contributed by atoms with Gasteiger partial charge in [-0.1, -0.05) is 28.6 Å². The van der Waals surface area contributed by atoms with E-state index >= 15 is 0 Å². The minimum atomic E-state index is -0.0212. The Morgan fingerprint density at radius 2 is 2.24 bits per heavy atom. The predicted molar refractivity (Wildman–Crippen MR) is 71.4 cm³/mol. The Balaban J connectivity index is 3.02. The highest BCUT2D eigenvalue weighted by Crippen LogP contribution is 2.26. The van der Waals surface area contributed by atoms with Crippen LogP contribution in [0, 0.1) is 0 Å². The van der Waals surface area contributed by atoms with Crippen LogP contribution in [0.25, 0.3) is 0 Å². The standard InChI is InChI=1S/C13H15BrO3/c1-3-7-17-13-8-10(16-4-2)5-6-11(13)12(15)9-14/h3,5-6,8H,1,4,7,9H2,2H3. The number of rotatable bonds is 7. The number of hydrogen-bond donors (Lipinski definition) is 0. The van der Waals surface area contributed by atoms with Gasteiger partial charge < -0.3 is 9.47 Å². The number of halogens is 1. The summed E-state index contributed by atoms with van der Waals surface area (Å²) in [6.45, 7) is 6.42. The van der Waals surface area contributed by atoms with E-state index < -0.39 is 0 Å². The van der Waals surface area contributed by atoms with Crippen molar-refractivity contribution in [3.8, 4) is 11.5 Å². The summed E-state index contributed by atoms with van der Waals surface area (Å²) in [6, 6.07) is 5.20. The molecule has 0 fully saturated rings. The molecule has 0 aliphatic rings. The smallest absolute Gasteiger partial charge is 0.177 e. The van der Waals surface area contributed by atoms with E-state index in [9.17, 15) is 4.79 Å². The van der Waals surface area contributed by atoms with Crippen molar-refractivity contribution in [2.45, 2.75) is 6.92 Å². The molecule has 0 bridgehead atoms. The summed E-state index contributed by atoms with van der Waals surface area (Å²) >= 11 is 3.15. The van der Waals surface area contributed by atoms with Crippen molar-refractivity contribution in [2.75, 3.05) is 18.5 Å². The van der Waals surface area contributed by atoms with E-state index in [4.69, 9.17) is 9.47 Å². The fourth-order valence-corrected chi connectivity index (χ4v) is 1.63. The summed E-state index contributed by atoms with van der Waals surface area (Å²) < 4.78 is 10.8. The number of ketones is 1. The summed E-state index contributed by atoms with van der Waals surface area (Å²) in [7, 11) is 0. The lowest BCUT2D eigenvalue weighted by atomic mass is 10.1. The van der Waals surface area contributed by atoms with E-state index in [1.54, 1.807) is 24.3 Å². The zero-order chi connectivity index (χ0) is 12.7. The van der Waals surface area contributed by atoms with E-state index in [1.165, 1.54) is 0 Å². The summed E-state index contributed by atoms with van der Waals surface area (Å²) in [6.07, 6.45) is 1.63. The van der Waals surface area contributed by atoms with Crippen molar-refractivity contribution >= 4 is 21.7 Å². The van der Waals surface area contributed by atoms with Crippen LogP contribution < -0.4 is 9.47 Å². The van der Waals surface area contributed by atoms with Gasteiger partial charge in [0.25, 0.3) is 0 Å². The first kappa shape index (κ1) is 13.8. The van der Waals surface area contributed by atoms with Crippen molar-refractivity contribution in [3.05, 3.63) is 36.4 Å². The van der Waals surface area contributed by atoms with Crippen LogP contribution >= 0.6 is 15.9 Å². The van der Waals surface area contributed by atoms with E-state index in [0.717, 1.165) is 0 Å². The number of alkyl halides is 1. The maximum atomic E-state index is 11.7. The fourth-order valence-electron chi connectivity index (χ4n) is 1.33. The molecule has 1 rings (SSSR count). The molecule has 0 heterocycles. The highest BCUT2D eigenvalue weighted by atomic mass is 79.9. The Hall–Kier alpha value is -1.29. The lowest BCUT2D eigenvalue weighted by molar-refractivity contribution is 0.102. The first-order valence-corrected chi connectivity index (χ1v) is 6.44. The van der Waals surface area contributed by atoms with Gasteiger partial charge in [-0.3, -0.25) is 4.79 Å². The molecule has 0 saturated heterocycles. The monoisotopic (exact) mass is 298 g/mol. The molecule has 0 N–H and O–H groups in total. The number of carbonyl (C=O) groups excluding carboxylic acids is 1. The average Bonchev–Trinajstić information content (AvgIpc) is 2.36. The number of hydrogen-bond acceptors (Lipinski definition) is 3. The molecule has 0 aliphatic carbocycles. The second-order valence-corrected chi connectivity index (χ2v) is 3.81. The Labute approximate surface area is 110 Å². The van der Waals surface area contributed by atoms with Gasteiger partial charge in [0.05, 0.1) is 17.5 Å². The van der Waals surface area contributed by atoms with Crippen molar-refractivity contribution in [2.24, 2.45) is 0 Å². The predicted octanol–water partition coefficient (Wildman–Crippen LogP) is 3.23. The topological polar surface area (TPSA) is 35.5 Å². The molecule has 0 radical (unpaired) electrons. The fraction of sp³-hybridized carbons (Fsp3) is 0.308. The van der Waals surface area contributed by atoms with Gasteiger partial charge in [-0.25, -0.2) is 0 Å². The molecular formula is C13H15BrO3. The van der Waals surface area contributed by atoms with Crippen LogP contribution in [0.2, 0.25) is 0 Å². The Morgan fingerprint density at radius 3 is 2.82 bits per heavy atom. The van der Waals surface area contributed by atoms with Crippen LogP contribution in [0.1, 0.15) is 17.3 Å². The van der Waals surface area contributed by atoms with Crippen molar-refractivity contribution in [1.29, 1.82) is 0 Å². The summed E-state index contributed by atoms with van der Waals surface area (Å²) in [5.74, 6) is 1.20. The van der Waals surface area contributed by atoms with Crippen molar-refractivity contribution in [3.63, 3.8) is 0 Å². The van der Waals surface area contributed by atoms with Crippen LogP contribution in [0.5, 0.6) is 11.5 Å². The second-order valence-electron chi connectivity index (χ2n) is 3.25. The molecule has 0 spiro atoms. The third kappa shape index (κ3) is 3.89. The largest absolute Gasteiger partial charge is 0.494 e. The first-order valence-electron chi connectivity index (χ1n) is 5.32. The summed E-state index contributed by atoms with van der Waals surface area (Å²) in [5.41, 5.74) is 0.548. The average molecular weight is 299 g/mol. The molecule has 1 aromatic carbocycles. The van der Waals surface area contributed by atoms with Crippen molar-refractivity contribution < 1.29 is 14.3 Å². The van der Waals surface area contributed by atoms with Crippen LogP contribution in [0.15, 0.2) is 30.9 Å². The van der Waals surface area contributed by atoms with Gasteiger partial charge in [0.1, 0.15) is 18.1 Å². The molecule has 0 amide bonds. The van der Waals surface area contributed by atoms with E-state index in [0.29, 0.717) is 30.3 Å². The maximum absolute atomic E-state index is 11.7. The van der Waals surface area contributed by atoms with Gasteiger partial charge in [-0.05, 0) is 19.1 Å². The van der Waals surface area contributed by atoms with Gasteiger partial charge in [-0.15, -0.1) is 0 Å². The van der Waals surface area contributed by atoms with E-state index in [2.05, 4.69) is 22.5 Å². The van der Waals surface area contributed by atoms with E-state index in [-0.39, 0.29) is 11.1 Å². The zero-order valence-electron chi connectivity index (χ0n) is 9.74. The quantitative estimate of drug-likeness (QED) is 0.440. The van der Waals surface area contributed by atoms with Crippen LogP contribution in [0.4, 0.5) is 0 Å². The highest BCUT2D eigenvalue weighted by molar-refractivity contribution is 9.09. The lowest BCUT2D eigenvalue weighted by Gasteiger charge is -2.11. The molecule has 0 saturated carbocycles. The number of ether oxygens (including phenoxy) is 2. The molecule has 4 heteroatoms. The molecule has 92 valence electrons. The summed E-state index contributed by atoms with van der Waals surface area (Å²) in [4.78, 5) is 11.7. The van der Waals surface area contributed by atoms with Gasteiger partial charge in [0, 0.05) is 6.07 Å². The van der Waals surface area contributed by atoms with Crippen molar-refractivity contribution in [1.82, 2.24) is 0 Å². The molecule has 0 aliphatic heterocycles. The molecule has 3 nitrogen and oxygen atoms in total. The van der Waals surface area contributed by atoms with E-state index in [1.807, 2.05) is 6.92 Å². The number of Topliss-reactive ketones (excluding diaryl/α,β-unsaturated/α-hetero) is 1. The van der Waals surface area contributed by atoms with Crippen LogP contribution in [0.3, 0.4) is 0 Å². The molecule has 17 heavy (non-hydrogen) atoms. The SMILES string of the molecule is C=CCOc1cc(OCC)ccc1C(=O)CBr. The molecule has 1 aromatic rings. The highest BCUT2D eigenvalue weighted by Gasteiger charge is 2.12. The lowest BCUT2D eigenvalue weighted by Crippen LogP contribution is -2.05. The van der Waals surface area contributed by atoms with Crippen LogP contribution in [-0.2, 0) is 0 Å². The van der Waals surface area contributed by atoms with Gasteiger partial charge >= 0.3 is 0 Å². The molecule has 0 atom stereocenters. The maximum Gasteiger partial charge on any atom is 0.177 e. The molecular weight excluding hydrogens is 284 g/mol. The van der Waals surface area contributed by atoms with Crippen LogP contribution in [-0.4, -0.2) is 24.3 Å². The first-order chi connectivity index (χ1) is 8.22. The second kappa shape index (κ2) is 7.12. The molecule has 0 unspecified atom stereocenters. The minimum absolute atomic E-state index is 0.0212.